The summed E-state index contributed by atoms with van der Waals surface area (Å²) >= 11 is 0. The van der Waals surface area contributed by atoms with Crippen LogP contribution in [0.4, 0.5) is 17.1 Å². The first-order valence-electron chi connectivity index (χ1n) is 18.5. The van der Waals surface area contributed by atoms with E-state index in [1.807, 2.05) is 0 Å². The van der Waals surface area contributed by atoms with Crippen molar-refractivity contribution in [1.82, 2.24) is 4.57 Å². The van der Waals surface area contributed by atoms with Crippen molar-refractivity contribution in [1.29, 1.82) is 0 Å². The molecule has 0 N–H and O–H groups in total. The van der Waals surface area contributed by atoms with E-state index in [0.717, 1.165) is 28.3 Å². The number of hydrogen-bond donors (Lipinski definition) is 0. The molecule has 0 aliphatic rings. The molecule has 10 rings (SSSR count). The molecule has 0 atom stereocenters. The van der Waals surface area contributed by atoms with E-state index < -0.39 is 0 Å². The van der Waals surface area contributed by atoms with Crippen molar-refractivity contribution in [2.75, 3.05) is 4.90 Å². The maximum Gasteiger partial charge on any atom is 0.0618 e. The largest absolute Gasteiger partial charge is 0.309 e. The van der Waals surface area contributed by atoms with Crippen LogP contribution in [-0.2, 0) is 0 Å². The summed E-state index contributed by atoms with van der Waals surface area (Å²) in [4.78, 5) is 2.48. The second-order valence-corrected chi connectivity index (χ2v) is 13.7. The monoisotopic (exact) mass is 688 g/mol. The molecular formula is C52H36N2. The molecule has 9 aromatic carbocycles. The highest BCUT2D eigenvalue weighted by Crippen LogP contribution is 2.49. The van der Waals surface area contributed by atoms with Crippen molar-refractivity contribution in [2.24, 2.45) is 0 Å². The zero-order valence-corrected chi connectivity index (χ0v) is 29.7. The van der Waals surface area contributed by atoms with E-state index >= 15 is 0 Å². The molecule has 0 amide bonds. The fourth-order valence-corrected chi connectivity index (χ4v) is 8.14. The van der Waals surface area contributed by atoms with Gasteiger partial charge in [0.2, 0.25) is 0 Å². The van der Waals surface area contributed by atoms with Gasteiger partial charge in [-0.2, -0.15) is 0 Å². The fraction of sp³-hybridized carbons (Fsp3) is 0. The highest BCUT2D eigenvalue weighted by atomic mass is 15.2. The molecule has 10 aromatic rings. The third-order valence-corrected chi connectivity index (χ3v) is 10.6. The zero-order chi connectivity index (χ0) is 35.8. The van der Waals surface area contributed by atoms with Gasteiger partial charge in [-0.15, -0.1) is 0 Å². The van der Waals surface area contributed by atoms with E-state index in [9.17, 15) is 0 Å². The first-order valence-corrected chi connectivity index (χ1v) is 18.5. The van der Waals surface area contributed by atoms with Crippen molar-refractivity contribution in [3.8, 4) is 39.1 Å². The van der Waals surface area contributed by atoms with Crippen LogP contribution in [0.5, 0.6) is 0 Å². The van der Waals surface area contributed by atoms with E-state index in [1.165, 1.54) is 60.4 Å². The van der Waals surface area contributed by atoms with Crippen molar-refractivity contribution < 1.29 is 0 Å². The lowest BCUT2D eigenvalue weighted by Crippen LogP contribution is -2.12. The molecule has 2 heteroatoms. The topological polar surface area (TPSA) is 8.17 Å². The van der Waals surface area contributed by atoms with Gasteiger partial charge in [0.05, 0.1) is 28.1 Å². The van der Waals surface area contributed by atoms with Crippen LogP contribution in [0.15, 0.2) is 218 Å². The molecule has 0 unspecified atom stereocenters. The van der Waals surface area contributed by atoms with Crippen LogP contribution in [-0.4, -0.2) is 4.57 Å². The van der Waals surface area contributed by atoms with E-state index in [4.69, 9.17) is 0 Å². The zero-order valence-electron chi connectivity index (χ0n) is 29.7. The van der Waals surface area contributed by atoms with Crippen LogP contribution in [0.2, 0.25) is 0 Å². The lowest BCUT2D eigenvalue weighted by atomic mass is 9.96. The number of benzene rings is 9. The molecule has 0 saturated heterocycles. The van der Waals surface area contributed by atoms with E-state index in [0.29, 0.717) is 0 Å². The third kappa shape index (κ3) is 5.36. The molecule has 0 saturated carbocycles. The second kappa shape index (κ2) is 13.4. The maximum absolute atomic E-state index is 2.48. The number of fused-ring (bicyclic) bond motifs is 4. The summed E-state index contributed by atoms with van der Waals surface area (Å²) < 4.78 is 2.46. The molecule has 0 aliphatic heterocycles. The number of anilines is 3. The molecule has 254 valence electrons. The van der Waals surface area contributed by atoms with Crippen LogP contribution >= 0.6 is 0 Å². The van der Waals surface area contributed by atoms with Gasteiger partial charge in [0.1, 0.15) is 0 Å². The lowest BCUT2D eigenvalue weighted by molar-refractivity contribution is 1.18. The Morgan fingerprint density at radius 1 is 0.333 bits per heavy atom. The van der Waals surface area contributed by atoms with E-state index in [1.54, 1.807) is 0 Å². The fourth-order valence-electron chi connectivity index (χ4n) is 8.14. The normalized spacial score (nSPS) is 11.3. The summed E-state index contributed by atoms with van der Waals surface area (Å²) in [5.74, 6) is 0. The van der Waals surface area contributed by atoms with Crippen LogP contribution < -0.4 is 4.90 Å². The van der Waals surface area contributed by atoms with Crippen LogP contribution in [0.1, 0.15) is 0 Å². The third-order valence-electron chi connectivity index (χ3n) is 10.6. The summed E-state index contributed by atoms with van der Waals surface area (Å²) in [6, 6.07) is 78.9. The number of hydrogen-bond acceptors (Lipinski definition) is 1. The molecular weight excluding hydrogens is 653 g/mol. The van der Waals surface area contributed by atoms with Gasteiger partial charge < -0.3 is 9.47 Å². The highest BCUT2D eigenvalue weighted by Gasteiger charge is 2.25. The number of nitrogens with zero attached hydrogens (tertiary/aromatic N) is 2. The average molecular weight is 689 g/mol. The molecule has 1 aromatic heterocycles. The number of para-hydroxylation sites is 3. The number of rotatable bonds is 7. The number of aromatic nitrogens is 1. The van der Waals surface area contributed by atoms with Crippen molar-refractivity contribution >= 4 is 49.6 Å². The predicted molar refractivity (Wildman–Crippen MR) is 229 cm³/mol. The quantitative estimate of drug-likeness (QED) is 0.162. The summed E-state index contributed by atoms with van der Waals surface area (Å²) in [6.07, 6.45) is 0. The van der Waals surface area contributed by atoms with E-state index in [-0.39, 0.29) is 0 Å². The SMILES string of the molecule is c1ccc(-c2ccc(-c3ccccc3-n3c4ccccc4c4c(N(c5ccccc5)c5c(-c6ccccc6)ccc6ccccc56)cccc43)cc2)cc1. The Morgan fingerprint density at radius 3 is 1.67 bits per heavy atom. The summed E-state index contributed by atoms with van der Waals surface area (Å²) in [5.41, 5.74) is 14.0. The van der Waals surface area contributed by atoms with Gasteiger partial charge in [-0.1, -0.05) is 182 Å². The Morgan fingerprint density at radius 2 is 0.889 bits per heavy atom. The van der Waals surface area contributed by atoms with Crippen molar-refractivity contribution in [3.63, 3.8) is 0 Å². The Labute approximate surface area is 315 Å². The first kappa shape index (κ1) is 31.6. The lowest BCUT2D eigenvalue weighted by Gasteiger charge is -2.30. The van der Waals surface area contributed by atoms with Gasteiger partial charge in [0.15, 0.2) is 0 Å². The summed E-state index contributed by atoms with van der Waals surface area (Å²) in [5, 5.41) is 4.82. The molecule has 0 radical (unpaired) electrons. The molecule has 2 nitrogen and oxygen atoms in total. The average Bonchev–Trinajstić information content (AvgIpc) is 3.60. The van der Waals surface area contributed by atoms with E-state index in [2.05, 4.69) is 228 Å². The van der Waals surface area contributed by atoms with Gasteiger partial charge in [-0.25, -0.2) is 0 Å². The highest BCUT2D eigenvalue weighted by molar-refractivity contribution is 6.18. The minimum absolute atomic E-state index is 1.11. The Bertz CT molecular complexity index is 2910. The van der Waals surface area contributed by atoms with Gasteiger partial charge in [0, 0.05) is 33.0 Å². The molecule has 1 heterocycles. The first-order chi connectivity index (χ1) is 26.8. The second-order valence-electron chi connectivity index (χ2n) is 13.7. The van der Waals surface area contributed by atoms with Crippen LogP contribution in [0, 0.1) is 0 Å². The van der Waals surface area contributed by atoms with Gasteiger partial charge >= 0.3 is 0 Å². The Balaban J connectivity index is 1.25. The molecule has 0 fully saturated rings. The van der Waals surface area contributed by atoms with Crippen LogP contribution in [0.25, 0.3) is 71.6 Å². The maximum atomic E-state index is 2.48. The summed E-state index contributed by atoms with van der Waals surface area (Å²) in [7, 11) is 0. The molecule has 0 aliphatic carbocycles. The summed E-state index contributed by atoms with van der Waals surface area (Å²) in [6.45, 7) is 0. The van der Waals surface area contributed by atoms with Crippen molar-refractivity contribution in [2.45, 2.75) is 0 Å². The standard InChI is InChI=1S/C52H36N2/c1-4-17-37(18-5-1)38-31-33-41(34-32-38)43-24-12-14-27-47(43)54-48-28-15-13-26-46(48)51-49(29-16-30-50(51)54)53(42-22-8-3-9-23-42)52-44-25-11-10-21-40(44)35-36-45(52)39-19-6-2-7-20-39/h1-36H. The Hall–Kier alpha value is -7.16. The molecule has 0 bridgehead atoms. The molecule has 0 spiro atoms. The van der Waals surface area contributed by atoms with Crippen LogP contribution in [0.3, 0.4) is 0 Å². The molecule has 54 heavy (non-hydrogen) atoms. The Kier molecular flexibility index (Phi) is 7.85. The smallest absolute Gasteiger partial charge is 0.0618 e. The minimum Gasteiger partial charge on any atom is -0.309 e. The van der Waals surface area contributed by atoms with Crippen molar-refractivity contribution in [3.05, 3.63) is 218 Å². The predicted octanol–water partition coefficient (Wildman–Crippen LogP) is 14.4. The van der Waals surface area contributed by atoms with Gasteiger partial charge in [0.25, 0.3) is 0 Å². The minimum atomic E-state index is 1.11. The van der Waals surface area contributed by atoms with Gasteiger partial charge in [-0.3, -0.25) is 0 Å². The van der Waals surface area contributed by atoms with Gasteiger partial charge in [-0.05, 0) is 64.0 Å².